The second kappa shape index (κ2) is 6.90. The molecular weight excluding hydrogens is 396 g/mol. The predicted octanol–water partition coefficient (Wildman–Crippen LogP) is -1.53. The van der Waals surface area contributed by atoms with Crippen LogP contribution in [0.15, 0.2) is 16.4 Å². The summed E-state index contributed by atoms with van der Waals surface area (Å²) in [5.41, 5.74) is 6.38. The minimum absolute atomic E-state index is 0.00295. The molecule has 2 aliphatic rings. The van der Waals surface area contributed by atoms with E-state index in [1.807, 2.05) is 6.92 Å². The van der Waals surface area contributed by atoms with Crippen molar-refractivity contribution in [1.82, 2.24) is 45.7 Å². The Morgan fingerprint density at radius 1 is 1.52 bits per heavy atom. The maximum Gasteiger partial charge on any atom is 0.352 e. The van der Waals surface area contributed by atoms with Crippen molar-refractivity contribution in [3.05, 3.63) is 17.1 Å². The van der Waals surface area contributed by atoms with Crippen LogP contribution in [0.2, 0.25) is 0 Å². The fraction of sp³-hybridized carbons (Fsp3) is 0.500. The van der Waals surface area contributed by atoms with Crippen LogP contribution in [0, 0.1) is 0 Å². The molecular formula is C12H14N10O3S2. The van der Waals surface area contributed by atoms with E-state index in [9.17, 15) is 14.7 Å². The number of nitrogens with one attached hydrogen (secondary N) is 1. The van der Waals surface area contributed by atoms with E-state index in [0.29, 0.717) is 28.1 Å². The quantitative estimate of drug-likeness (QED) is 0.369. The van der Waals surface area contributed by atoms with Crippen LogP contribution in [0.3, 0.4) is 0 Å². The van der Waals surface area contributed by atoms with Crippen molar-refractivity contribution in [1.29, 1.82) is 0 Å². The van der Waals surface area contributed by atoms with Gasteiger partial charge < -0.3 is 10.8 Å². The molecule has 13 nitrogen and oxygen atoms in total. The number of nitrogens with zero attached hydrogens (tertiary/aromatic N) is 8. The van der Waals surface area contributed by atoms with Gasteiger partial charge in [-0.15, -0.1) is 27.1 Å². The predicted molar refractivity (Wildman–Crippen MR) is 92.3 cm³/mol. The van der Waals surface area contributed by atoms with Crippen molar-refractivity contribution >= 4 is 35.4 Å². The molecule has 0 saturated carbocycles. The van der Waals surface area contributed by atoms with Gasteiger partial charge in [-0.2, -0.15) is 5.21 Å². The molecule has 142 valence electrons. The highest BCUT2D eigenvalue weighted by molar-refractivity contribution is 8.01. The molecule has 2 unspecified atom stereocenters. The van der Waals surface area contributed by atoms with Gasteiger partial charge in [-0.05, 0) is 22.9 Å². The van der Waals surface area contributed by atoms with Crippen molar-refractivity contribution in [2.45, 2.75) is 29.5 Å². The maximum atomic E-state index is 12.0. The first-order valence-electron chi connectivity index (χ1n) is 7.78. The molecule has 0 radical (unpaired) electrons. The molecule has 3 atom stereocenters. The molecule has 1 fully saturated rings. The van der Waals surface area contributed by atoms with Crippen LogP contribution >= 0.6 is 23.5 Å². The van der Waals surface area contributed by atoms with Crippen molar-refractivity contribution < 1.29 is 14.7 Å². The number of carbonyl (C=O) groups excluding carboxylic acids is 1. The van der Waals surface area contributed by atoms with Gasteiger partial charge in [0.15, 0.2) is 5.82 Å². The minimum atomic E-state index is -1.14. The number of hydrogen-bond acceptors (Lipinski definition) is 11. The highest BCUT2D eigenvalue weighted by Gasteiger charge is 2.51. The average molecular weight is 410 g/mol. The van der Waals surface area contributed by atoms with E-state index >= 15 is 0 Å². The number of carboxylic acids is 1. The van der Waals surface area contributed by atoms with E-state index in [1.165, 1.54) is 33.1 Å². The maximum absolute atomic E-state index is 12.0. The Kier molecular flexibility index (Phi) is 4.56. The molecule has 27 heavy (non-hydrogen) atoms. The van der Waals surface area contributed by atoms with Gasteiger partial charge in [-0.3, -0.25) is 9.69 Å². The summed E-state index contributed by atoms with van der Waals surface area (Å²) >= 11 is 2.73. The highest BCUT2D eigenvalue weighted by atomic mass is 32.2. The summed E-state index contributed by atoms with van der Waals surface area (Å²) in [6.07, 6.45) is 0. The first-order valence-corrected chi connectivity index (χ1v) is 9.82. The van der Waals surface area contributed by atoms with Gasteiger partial charge in [0.1, 0.15) is 23.2 Å². The lowest BCUT2D eigenvalue weighted by Crippen LogP contribution is -2.68. The molecule has 4 rings (SSSR count). The summed E-state index contributed by atoms with van der Waals surface area (Å²) in [6.45, 7) is 1.81. The molecule has 2 aliphatic heterocycles. The Hall–Kier alpha value is -2.52. The molecule has 2 aromatic rings. The Morgan fingerprint density at radius 2 is 2.33 bits per heavy atom. The number of carboxylic acid groups (broad SMARTS) is 1. The van der Waals surface area contributed by atoms with Crippen LogP contribution in [-0.4, -0.2) is 85.6 Å². The lowest BCUT2D eigenvalue weighted by Gasteiger charge is -2.48. The van der Waals surface area contributed by atoms with E-state index in [2.05, 4.69) is 36.1 Å². The van der Waals surface area contributed by atoms with Gasteiger partial charge in [0.2, 0.25) is 11.1 Å². The van der Waals surface area contributed by atoms with Crippen LogP contribution in [0.25, 0.3) is 0 Å². The van der Waals surface area contributed by atoms with Gasteiger partial charge in [-0.1, -0.05) is 17.0 Å². The molecule has 0 aliphatic carbocycles. The lowest BCUT2D eigenvalue weighted by molar-refractivity contribution is -0.147. The van der Waals surface area contributed by atoms with E-state index in [4.69, 9.17) is 5.73 Å². The van der Waals surface area contributed by atoms with Crippen LogP contribution in [0.5, 0.6) is 0 Å². The van der Waals surface area contributed by atoms with E-state index in [0.717, 1.165) is 0 Å². The number of thioether (sulfide) groups is 2. The summed E-state index contributed by atoms with van der Waals surface area (Å²) < 4.78 is 1.53. The number of tetrazole rings is 2. The number of β-lactam (4-membered cyclic amide) rings is 1. The molecule has 0 spiro atoms. The van der Waals surface area contributed by atoms with Gasteiger partial charge in [-0.25, -0.2) is 9.48 Å². The van der Waals surface area contributed by atoms with E-state index < -0.39 is 12.0 Å². The van der Waals surface area contributed by atoms with Crippen LogP contribution < -0.4 is 5.73 Å². The average Bonchev–Trinajstić information content (AvgIpc) is 3.36. The zero-order valence-electron chi connectivity index (χ0n) is 13.9. The van der Waals surface area contributed by atoms with Gasteiger partial charge in [0, 0.05) is 11.5 Å². The standard InChI is InChI=1S/C12H14N10O3S2/c1-4(8-14-17-18-15-8)22-12(16-19-20-22)27-3-5-2-26-10-6(13)9(23)21(10)7(5)11(24)25/h4,6,10H,2-3,13H2,1H3,(H,24,25)(H,14,15,17,18)/t4?,6?,10-/m0/s1. The SMILES string of the molecule is CC(c1nn[nH]n1)n1nnnc1SCC1=C(C(=O)O)N2C(=O)C(N)[C@@H]2SC1. The molecule has 15 heteroatoms. The van der Waals surface area contributed by atoms with Crippen molar-refractivity contribution in [2.24, 2.45) is 5.73 Å². The number of fused-ring (bicyclic) bond motifs is 1. The number of carbonyl (C=O) groups is 2. The van der Waals surface area contributed by atoms with Gasteiger partial charge in [0.25, 0.3) is 0 Å². The summed E-state index contributed by atoms with van der Waals surface area (Å²) in [5.74, 6) is -0.303. The summed E-state index contributed by atoms with van der Waals surface area (Å²) in [6, 6.07) is -1.00. The smallest absolute Gasteiger partial charge is 0.352 e. The Labute approximate surface area is 160 Å². The number of hydrogen-bond donors (Lipinski definition) is 3. The highest BCUT2D eigenvalue weighted by Crippen LogP contribution is 2.40. The first kappa shape index (κ1) is 17.9. The number of H-pyrrole nitrogens is 1. The van der Waals surface area contributed by atoms with Crippen molar-refractivity contribution in [3.63, 3.8) is 0 Å². The number of amides is 1. The molecule has 1 amide bonds. The van der Waals surface area contributed by atoms with E-state index in [-0.39, 0.29) is 23.0 Å². The van der Waals surface area contributed by atoms with Crippen molar-refractivity contribution in [2.75, 3.05) is 11.5 Å². The zero-order chi connectivity index (χ0) is 19.1. The molecule has 4 N–H and O–H groups in total. The minimum Gasteiger partial charge on any atom is -0.477 e. The van der Waals surface area contributed by atoms with Gasteiger partial charge >= 0.3 is 5.97 Å². The van der Waals surface area contributed by atoms with Crippen LogP contribution in [-0.2, 0) is 9.59 Å². The third-order valence-corrected chi connectivity index (χ3v) is 6.61. The van der Waals surface area contributed by atoms with Crippen LogP contribution in [0.1, 0.15) is 18.8 Å². The summed E-state index contributed by atoms with van der Waals surface area (Å²) in [5, 5.41) is 35.1. The number of nitrogens with two attached hydrogens (primary N) is 1. The molecule has 4 heterocycles. The monoisotopic (exact) mass is 410 g/mol. The Morgan fingerprint density at radius 3 is 3.04 bits per heavy atom. The molecule has 0 bridgehead atoms. The molecule has 1 saturated heterocycles. The van der Waals surface area contributed by atoms with Crippen molar-refractivity contribution in [3.8, 4) is 0 Å². The fourth-order valence-corrected chi connectivity index (χ4v) is 5.21. The summed E-state index contributed by atoms with van der Waals surface area (Å²) in [4.78, 5) is 25.0. The summed E-state index contributed by atoms with van der Waals surface area (Å²) in [7, 11) is 0. The Bertz CT molecular complexity index is 912. The lowest BCUT2D eigenvalue weighted by atomic mass is 10.0. The third kappa shape index (κ3) is 2.96. The fourth-order valence-electron chi connectivity index (χ4n) is 2.82. The molecule has 0 aromatic carbocycles. The molecule has 2 aromatic heterocycles. The number of aliphatic carboxylic acids is 1. The normalized spacial score (nSPS) is 23.2. The number of rotatable bonds is 6. The second-order valence-corrected chi connectivity index (χ2v) is 7.88. The second-order valence-electron chi connectivity index (χ2n) is 5.83. The van der Waals surface area contributed by atoms with Crippen LogP contribution in [0.4, 0.5) is 0 Å². The van der Waals surface area contributed by atoms with E-state index in [1.54, 1.807) is 0 Å². The topological polar surface area (TPSA) is 182 Å². The number of aromatic amines is 1. The third-order valence-electron chi connectivity index (χ3n) is 4.23. The van der Waals surface area contributed by atoms with Gasteiger partial charge in [0.05, 0.1) is 0 Å². The zero-order valence-corrected chi connectivity index (χ0v) is 15.5. The number of aromatic nitrogens is 8. The first-order chi connectivity index (χ1) is 13.0. The largest absolute Gasteiger partial charge is 0.477 e. The Balaban J connectivity index is 1.54.